The average molecular weight is 451 g/mol. The Balaban J connectivity index is -0.000000300. The Bertz CT molecular complexity index is 443. The molecule has 2 aromatic rings. The van der Waals surface area contributed by atoms with Gasteiger partial charge in [0.05, 0.1) is 0 Å². The van der Waals surface area contributed by atoms with Crippen LogP contribution in [0.15, 0.2) is 36.4 Å². The molecule has 0 radical (unpaired) electrons. The molecular weight excluding hydrogens is 412 g/mol. The van der Waals surface area contributed by atoms with E-state index in [9.17, 15) is 0 Å². The summed E-state index contributed by atoms with van der Waals surface area (Å²) in [6.45, 7) is 3.88. The van der Waals surface area contributed by atoms with Crippen molar-refractivity contribution in [3.8, 4) is 0 Å². The Kier molecular flexibility index (Phi) is 22.9. The summed E-state index contributed by atoms with van der Waals surface area (Å²) in [5, 5.41) is 7.57. The van der Waals surface area contributed by atoms with Gasteiger partial charge in [0.1, 0.15) is 0 Å². The first-order valence-corrected chi connectivity index (χ1v) is 14.7. The van der Waals surface area contributed by atoms with Gasteiger partial charge in [-0.25, -0.2) is 12.1 Å². The number of aliphatic hydroxyl groups is 1. The van der Waals surface area contributed by atoms with Crippen molar-refractivity contribution in [3.05, 3.63) is 80.9 Å². The minimum absolute atomic E-state index is 0. The van der Waals surface area contributed by atoms with E-state index in [1.165, 1.54) is 51.4 Å². The van der Waals surface area contributed by atoms with Gasteiger partial charge in [0, 0.05) is 6.61 Å². The van der Waals surface area contributed by atoms with Crippen molar-refractivity contribution in [1.82, 2.24) is 0 Å². The number of aryl methyl sites for hydroxylation is 4. The van der Waals surface area contributed by atoms with Crippen molar-refractivity contribution in [2.75, 3.05) is 6.61 Å². The van der Waals surface area contributed by atoms with Gasteiger partial charge in [0.2, 0.25) is 0 Å². The predicted molar refractivity (Wildman–Crippen MR) is 118 cm³/mol. The molecule has 150 valence electrons. The zero-order valence-corrected chi connectivity index (χ0v) is 21.4. The molecule has 0 atom stereocenters. The molecule has 2 aliphatic carbocycles. The molecule has 26 heavy (non-hydrogen) atoms. The quantitative estimate of drug-likeness (QED) is 0.442. The fourth-order valence-electron chi connectivity index (χ4n) is 3.23. The van der Waals surface area contributed by atoms with Gasteiger partial charge in [-0.1, -0.05) is 51.4 Å². The fraction of sp³-hybridized carbons (Fsp3) is 0.435. The number of rotatable bonds is 0. The average Bonchev–Trinajstić information content (AvgIpc) is 3.27. The van der Waals surface area contributed by atoms with E-state index in [-0.39, 0.29) is 28.9 Å². The van der Waals surface area contributed by atoms with Crippen LogP contribution in [0.2, 0.25) is 0 Å². The Morgan fingerprint density at radius 1 is 0.808 bits per heavy atom. The Labute approximate surface area is 180 Å². The molecule has 1 N–H and O–H groups in total. The molecule has 0 unspecified atom stereocenters. The van der Waals surface area contributed by atoms with E-state index < -0.39 is 0 Å². The Hall–Kier alpha value is -0.240. The minimum atomic E-state index is 0. The minimum Gasteiger partial charge on any atom is -0.210 e. The molecule has 0 heterocycles. The summed E-state index contributed by atoms with van der Waals surface area (Å²) in [7, 11) is 0. The maximum absolute atomic E-state index is 7.57. The van der Waals surface area contributed by atoms with Crippen molar-refractivity contribution >= 4 is 6.88 Å². The van der Waals surface area contributed by atoms with Crippen LogP contribution in [-0.2, 0) is 49.0 Å². The molecule has 0 amide bonds. The molecule has 0 aliphatic heterocycles. The second kappa shape index (κ2) is 19.5. The zero-order chi connectivity index (χ0) is 16.9. The summed E-state index contributed by atoms with van der Waals surface area (Å²) in [5.41, 5.74) is 6.39. The van der Waals surface area contributed by atoms with Crippen LogP contribution in [0.1, 0.15) is 54.9 Å². The molecule has 4 rings (SSSR count). The van der Waals surface area contributed by atoms with E-state index in [2.05, 4.69) is 36.4 Å². The maximum Gasteiger partial charge on any atom is -0.0512 e. The molecule has 2 aromatic carbocycles. The van der Waals surface area contributed by atoms with E-state index in [1.54, 1.807) is 52.5 Å². The fourth-order valence-corrected chi connectivity index (χ4v) is 3.23. The van der Waals surface area contributed by atoms with Crippen molar-refractivity contribution < 1.29 is 28.4 Å². The third kappa shape index (κ3) is 10.8. The summed E-state index contributed by atoms with van der Waals surface area (Å²) in [5.74, 6) is 0. The van der Waals surface area contributed by atoms with Gasteiger partial charge in [0.15, 0.2) is 0 Å². The summed E-state index contributed by atoms with van der Waals surface area (Å²) in [6, 6.07) is 13.4. The largest absolute Gasteiger partial charge is 0.210 e. The molecule has 2 aliphatic rings. The van der Waals surface area contributed by atoms with E-state index in [1.807, 2.05) is 6.88 Å². The van der Waals surface area contributed by atoms with Crippen LogP contribution in [0.4, 0.5) is 0 Å². The topological polar surface area (TPSA) is 20.2 Å². The smallest absolute Gasteiger partial charge is 0.0512 e. The van der Waals surface area contributed by atoms with Crippen LogP contribution in [0, 0.1) is 22.3 Å². The third-order valence-corrected chi connectivity index (χ3v) is 4.30. The van der Waals surface area contributed by atoms with Crippen LogP contribution in [0.3, 0.4) is 0 Å². The van der Waals surface area contributed by atoms with Crippen LogP contribution in [-0.4, -0.2) is 18.6 Å². The van der Waals surface area contributed by atoms with Gasteiger partial charge in [-0.05, 0) is 6.92 Å². The molecular formula is C23H39OSiZr-5. The molecule has 0 spiro atoms. The van der Waals surface area contributed by atoms with E-state index in [4.69, 9.17) is 5.11 Å². The van der Waals surface area contributed by atoms with Gasteiger partial charge in [-0.15, -0.1) is 0 Å². The number of fused-ring (bicyclic) bond motifs is 2. The van der Waals surface area contributed by atoms with E-state index >= 15 is 0 Å². The van der Waals surface area contributed by atoms with Gasteiger partial charge in [-0.3, -0.25) is 0 Å². The first kappa shape index (κ1) is 30.5. The Morgan fingerprint density at radius 2 is 1.12 bits per heavy atom. The summed E-state index contributed by atoms with van der Waals surface area (Å²) in [4.78, 5) is 0. The van der Waals surface area contributed by atoms with Crippen molar-refractivity contribution in [1.29, 1.82) is 0 Å². The van der Waals surface area contributed by atoms with Crippen LogP contribution >= 0.6 is 0 Å². The monoisotopic (exact) mass is 449 g/mol. The number of aliphatic hydroxyl groups excluding tert-OH is 1. The first-order chi connectivity index (χ1) is 11.3. The predicted octanol–water partition coefficient (Wildman–Crippen LogP) is 5.00. The van der Waals surface area contributed by atoms with Crippen LogP contribution in [0.25, 0.3) is 0 Å². The Morgan fingerprint density at radius 3 is 1.42 bits per heavy atom. The van der Waals surface area contributed by atoms with Crippen LogP contribution in [0.5, 0.6) is 0 Å². The van der Waals surface area contributed by atoms with Crippen LogP contribution < -0.4 is 0 Å². The van der Waals surface area contributed by atoms with E-state index in [0.29, 0.717) is 0 Å². The molecule has 0 aromatic heterocycles. The van der Waals surface area contributed by atoms with Crippen molar-refractivity contribution in [2.45, 2.75) is 58.3 Å². The third-order valence-electron chi connectivity index (χ3n) is 4.30. The second-order valence-corrected chi connectivity index (χ2v) is 5.88. The molecule has 1 nitrogen and oxygen atoms in total. The first-order valence-electron chi connectivity index (χ1n) is 8.78. The summed E-state index contributed by atoms with van der Waals surface area (Å²) < 4.78 is 0. The maximum atomic E-state index is 7.57. The van der Waals surface area contributed by atoms with Gasteiger partial charge >= 0.3 is 30.2 Å². The van der Waals surface area contributed by atoms with Gasteiger partial charge < -0.3 is 27.4 Å². The summed E-state index contributed by atoms with van der Waals surface area (Å²) in [6.07, 6.45) is 10.9. The van der Waals surface area contributed by atoms with Crippen molar-refractivity contribution in [3.63, 3.8) is 0 Å². The van der Waals surface area contributed by atoms with Gasteiger partial charge in [-0.2, -0.15) is 46.5 Å². The van der Waals surface area contributed by atoms with E-state index in [0.717, 1.165) is 0 Å². The normalized spacial score (nSPS) is 12.8. The molecule has 0 saturated carbocycles. The molecule has 3 heteroatoms. The standard InChI is InChI=1S/2C9H11.C2H6O.3CH3.H2Si.Zr/c2*1-2-5-9-7-3-6-8(9)4-1;1-2-3;;;;;/h2*3,6-7H,1-2,4-5H2;3H,2H2,1H3;3*1H3;1H2;/q2*-1;;3*-1;;. The second-order valence-electron chi connectivity index (χ2n) is 5.88. The molecule has 0 saturated heterocycles. The SMILES string of the molecule is CCO.[CH3-].[CH3-].[CH3-].[SiH2]=[Zr].c1cc2c([cH-]1)CCCC2.c1cc2c([cH-]1)CCCC2. The molecule has 0 bridgehead atoms. The van der Waals surface area contributed by atoms with Crippen molar-refractivity contribution in [2.24, 2.45) is 0 Å². The number of hydrogen-bond donors (Lipinski definition) is 1. The zero-order valence-electron chi connectivity index (χ0n) is 17.5. The number of hydrogen-bond acceptors (Lipinski definition) is 1. The summed E-state index contributed by atoms with van der Waals surface area (Å²) >= 11 is 1.58. The molecule has 0 fully saturated rings. The van der Waals surface area contributed by atoms with Gasteiger partial charge in [0.25, 0.3) is 0 Å².